The maximum absolute atomic E-state index is 11.9. The molecule has 134 valence electrons. The second-order valence-corrected chi connectivity index (χ2v) is 6.04. The molecule has 2 aromatic rings. The number of hydrogen-bond acceptors (Lipinski definition) is 4. The van der Waals surface area contributed by atoms with Gasteiger partial charge in [0.25, 0.3) is 0 Å². The van der Waals surface area contributed by atoms with Crippen molar-refractivity contribution in [3.63, 3.8) is 0 Å². The van der Waals surface area contributed by atoms with Gasteiger partial charge < -0.3 is 25.4 Å². The minimum absolute atomic E-state index is 0.225. The van der Waals surface area contributed by atoms with Gasteiger partial charge in [-0.3, -0.25) is 0 Å². The van der Waals surface area contributed by atoms with E-state index in [4.69, 9.17) is 4.74 Å². The minimum Gasteiger partial charge on any atom is -0.491 e. The molecule has 25 heavy (non-hydrogen) atoms. The fraction of sp³-hybridized carbons (Fsp3) is 0.316. The summed E-state index contributed by atoms with van der Waals surface area (Å²) in [6, 6.07) is 16.5. The van der Waals surface area contributed by atoms with Crippen LogP contribution in [0.25, 0.3) is 0 Å². The number of ether oxygens (including phenoxy) is 1. The highest BCUT2D eigenvalue weighted by Gasteiger charge is 2.07. The number of aliphatic hydroxyl groups is 1. The van der Waals surface area contributed by atoms with Gasteiger partial charge in [0.1, 0.15) is 18.5 Å². The first-order chi connectivity index (χ1) is 12.0. The molecule has 0 aromatic heterocycles. The van der Waals surface area contributed by atoms with E-state index in [9.17, 15) is 9.90 Å². The molecule has 0 bridgehead atoms. The predicted octanol–water partition coefficient (Wildman–Crippen LogP) is 2.31. The van der Waals surface area contributed by atoms with Crippen LogP contribution in [-0.4, -0.2) is 49.4 Å². The summed E-state index contributed by atoms with van der Waals surface area (Å²) in [5.41, 5.74) is 1.71. The average Bonchev–Trinajstić information content (AvgIpc) is 2.60. The van der Waals surface area contributed by atoms with E-state index >= 15 is 0 Å². The van der Waals surface area contributed by atoms with Crippen LogP contribution in [0.2, 0.25) is 0 Å². The third kappa shape index (κ3) is 7.24. The zero-order valence-corrected chi connectivity index (χ0v) is 14.6. The Labute approximate surface area is 148 Å². The molecule has 3 N–H and O–H groups in total. The highest BCUT2D eigenvalue weighted by molar-refractivity contribution is 5.89. The van der Waals surface area contributed by atoms with Crippen molar-refractivity contribution in [1.29, 1.82) is 0 Å². The SMILES string of the molecule is CN(C)CC(O)COc1ccc(NC(=O)NCc2ccccc2)cc1. The van der Waals surface area contributed by atoms with Gasteiger partial charge in [-0.1, -0.05) is 30.3 Å². The quantitative estimate of drug-likeness (QED) is 0.688. The molecule has 2 rings (SSSR count). The molecule has 6 heteroatoms. The number of carbonyl (C=O) groups excluding carboxylic acids is 1. The van der Waals surface area contributed by atoms with Crippen LogP contribution >= 0.6 is 0 Å². The molecule has 1 atom stereocenters. The van der Waals surface area contributed by atoms with Crippen LogP contribution in [0.3, 0.4) is 0 Å². The Balaban J connectivity index is 1.74. The first-order valence-corrected chi connectivity index (χ1v) is 8.17. The fourth-order valence-corrected chi connectivity index (χ4v) is 2.25. The monoisotopic (exact) mass is 343 g/mol. The Morgan fingerprint density at radius 3 is 2.44 bits per heavy atom. The molecule has 0 radical (unpaired) electrons. The topological polar surface area (TPSA) is 73.8 Å². The molecule has 0 aliphatic heterocycles. The number of nitrogens with zero attached hydrogens (tertiary/aromatic N) is 1. The van der Waals surface area contributed by atoms with E-state index in [1.807, 2.05) is 49.3 Å². The Morgan fingerprint density at radius 2 is 1.80 bits per heavy atom. The number of likely N-dealkylation sites (N-methyl/N-ethyl adjacent to an activating group) is 1. The van der Waals surface area contributed by atoms with Crippen LogP contribution in [0.15, 0.2) is 54.6 Å². The first-order valence-electron chi connectivity index (χ1n) is 8.17. The van der Waals surface area contributed by atoms with Gasteiger partial charge in [0.2, 0.25) is 0 Å². The van der Waals surface area contributed by atoms with Gasteiger partial charge in [0.05, 0.1) is 0 Å². The van der Waals surface area contributed by atoms with Crippen molar-refractivity contribution in [1.82, 2.24) is 10.2 Å². The van der Waals surface area contributed by atoms with Crippen molar-refractivity contribution in [3.05, 3.63) is 60.2 Å². The highest BCUT2D eigenvalue weighted by Crippen LogP contribution is 2.16. The van der Waals surface area contributed by atoms with Gasteiger partial charge in [-0.15, -0.1) is 0 Å². The minimum atomic E-state index is -0.545. The Hall–Kier alpha value is -2.57. The van der Waals surface area contributed by atoms with Crippen molar-refractivity contribution in [3.8, 4) is 5.75 Å². The van der Waals surface area contributed by atoms with Gasteiger partial charge in [-0.25, -0.2) is 4.79 Å². The number of hydrogen-bond donors (Lipinski definition) is 3. The van der Waals surface area contributed by atoms with E-state index < -0.39 is 6.10 Å². The summed E-state index contributed by atoms with van der Waals surface area (Å²) in [4.78, 5) is 13.8. The van der Waals surface area contributed by atoms with Crippen LogP contribution in [-0.2, 0) is 6.54 Å². The Kier molecular flexibility index (Phi) is 7.25. The number of rotatable bonds is 8. The maximum Gasteiger partial charge on any atom is 0.319 e. The van der Waals surface area contributed by atoms with Crippen molar-refractivity contribution in [2.24, 2.45) is 0 Å². The highest BCUT2D eigenvalue weighted by atomic mass is 16.5. The van der Waals surface area contributed by atoms with Crippen LogP contribution in [0.1, 0.15) is 5.56 Å². The fourth-order valence-electron chi connectivity index (χ4n) is 2.25. The van der Waals surface area contributed by atoms with Gasteiger partial charge in [-0.2, -0.15) is 0 Å². The lowest BCUT2D eigenvalue weighted by Crippen LogP contribution is -2.30. The Morgan fingerprint density at radius 1 is 1.12 bits per heavy atom. The molecule has 0 aliphatic rings. The van der Waals surface area contributed by atoms with Gasteiger partial charge >= 0.3 is 6.03 Å². The van der Waals surface area contributed by atoms with E-state index in [1.165, 1.54) is 0 Å². The largest absolute Gasteiger partial charge is 0.491 e. The molecule has 0 fully saturated rings. The zero-order valence-electron chi connectivity index (χ0n) is 14.6. The van der Waals surface area contributed by atoms with E-state index in [2.05, 4.69) is 10.6 Å². The second kappa shape index (κ2) is 9.66. The molecule has 0 heterocycles. The van der Waals surface area contributed by atoms with E-state index in [-0.39, 0.29) is 12.6 Å². The molecule has 0 aliphatic carbocycles. The lowest BCUT2D eigenvalue weighted by Gasteiger charge is -2.16. The Bertz CT molecular complexity index is 645. The van der Waals surface area contributed by atoms with Crippen LogP contribution in [0.4, 0.5) is 10.5 Å². The average molecular weight is 343 g/mol. The van der Waals surface area contributed by atoms with Gasteiger partial charge in [0.15, 0.2) is 0 Å². The molecular formula is C19H25N3O3. The molecule has 1 unspecified atom stereocenters. The van der Waals surface area contributed by atoms with Gasteiger partial charge in [0, 0.05) is 18.8 Å². The number of urea groups is 1. The first kappa shape index (κ1) is 18.8. The summed E-state index contributed by atoms with van der Waals surface area (Å²) in [6.07, 6.45) is -0.545. The summed E-state index contributed by atoms with van der Waals surface area (Å²) in [5, 5.41) is 15.3. The molecule has 2 aromatic carbocycles. The predicted molar refractivity (Wildman–Crippen MR) is 98.8 cm³/mol. The molecule has 2 amide bonds. The molecule has 0 spiro atoms. The summed E-state index contributed by atoms with van der Waals surface area (Å²) in [6.45, 7) is 1.24. The lowest BCUT2D eigenvalue weighted by atomic mass is 10.2. The standard InChI is InChI=1S/C19H25N3O3/c1-22(2)13-17(23)14-25-18-10-8-16(9-11-18)21-19(24)20-12-15-6-4-3-5-7-15/h3-11,17,23H,12-14H2,1-2H3,(H2,20,21,24). The summed E-state index contributed by atoms with van der Waals surface area (Å²) >= 11 is 0. The zero-order chi connectivity index (χ0) is 18.1. The normalized spacial score (nSPS) is 11.8. The van der Waals surface area contributed by atoms with E-state index in [0.717, 1.165) is 5.56 Å². The van der Waals surface area contributed by atoms with E-state index in [1.54, 1.807) is 24.3 Å². The van der Waals surface area contributed by atoms with Crippen LogP contribution in [0.5, 0.6) is 5.75 Å². The molecule has 0 saturated carbocycles. The van der Waals surface area contributed by atoms with Crippen molar-refractivity contribution in [2.75, 3.05) is 32.6 Å². The number of aliphatic hydroxyl groups excluding tert-OH is 1. The van der Waals surface area contributed by atoms with Crippen molar-refractivity contribution >= 4 is 11.7 Å². The van der Waals surface area contributed by atoms with E-state index in [0.29, 0.717) is 24.5 Å². The molecular weight excluding hydrogens is 318 g/mol. The third-order valence-corrected chi connectivity index (χ3v) is 3.43. The molecule has 0 saturated heterocycles. The maximum atomic E-state index is 11.9. The smallest absolute Gasteiger partial charge is 0.319 e. The van der Waals surface area contributed by atoms with Crippen molar-refractivity contribution in [2.45, 2.75) is 12.6 Å². The summed E-state index contributed by atoms with van der Waals surface area (Å²) in [7, 11) is 3.79. The van der Waals surface area contributed by atoms with Crippen LogP contribution in [0, 0.1) is 0 Å². The summed E-state index contributed by atoms with van der Waals surface area (Å²) in [5.74, 6) is 0.646. The number of anilines is 1. The number of benzene rings is 2. The number of amides is 2. The third-order valence-electron chi connectivity index (χ3n) is 3.43. The molecule has 6 nitrogen and oxygen atoms in total. The number of nitrogens with one attached hydrogen (secondary N) is 2. The lowest BCUT2D eigenvalue weighted by molar-refractivity contribution is 0.0831. The second-order valence-electron chi connectivity index (χ2n) is 6.04. The number of carbonyl (C=O) groups is 1. The van der Waals surface area contributed by atoms with Crippen LogP contribution < -0.4 is 15.4 Å². The summed E-state index contributed by atoms with van der Waals surface area (Å²) < 4.78 is 5.53. The van der Waals surface area contributed by atoms with Gasteiger partial charge in [-0.05, 0) is 43.9 Å². The van der Waals surface area contributed by atoms with Crippen molar-refractivity contribution < 1.29 is 14.6 Å².